The van der Waals surface area contributed by atoms with Crippen LogP contribution in [0, 0.1) is 28.6 Å². The Morgan fingerprint density at radius 2 is 1.37 bits per heavy atom. The maximum absolute atomic E-state index is 14.3. The minimum absolute atomic E-state index is 0.0743. The number of ketones is 1. The third kappa shape index (κ3) is 10.2. The molecule has 2 rings (SSSR count). The molecule has 0 spiro atoms. The molecule has 46 heavy (non-hydrogen) atoms. The van der Waals surface area contributed by atoms with Crippen LogP contribution in [0.1, 0.15) is 108 Å². The number of carbonyl (C=O) groups is 6. The molecule has 0 aromatic rings. The van der Waals surface area contributed by atoms with Crippen molar-refractivity contribution >= 4 is 35.4 Å². The highest BCUT2D eigenvalue weighted by atomic mass is 16.2. The van der Waals surface area contributed by atoms with Crippen molar-refractivity contribution in [3.63, 3.8) is 0 Å². The number of primary amides is 1. The molecule has 2 aliphatic rings. The van der Waals surface area contributed by atoms with E-state index in [0.717, 1.165) is 19.3 Å². The second-order valence-electron chi connectivity index (χ2n) is 16.2. The number of likely N-dealkylation sites (tertiary alicyclic amines) is 1. The van der Waals surface area contributed by atoms with Crippen LogP contribution in [-0.4, -0.2) is 89.0 Å². The number of nitrogens with zero attached hydrogens (tertiary/aromatic N) is 2. The number of carbonyl (C=O) groups excluding carboxylic acids is 6. The van der Waals surface area contributed by atoms with E-state index < -0.39 is 64.5 Å². The van der Waals surface area contributed by atoms with Gasteiger partial charge in [-0.05, 0) is 61.7 Å². The van der Waals surface area contributed by atoms with Gasteiger partial charge in [0, 0.05) is 19.6 Å². The number of hydrogen-bond donors (Lipinski definition) is 4. The molecule has 12 heteroatoms. The van der Waals surface area contributed by atoms with Gasteiger partial charge in [0.25, 0.3) is 5.91 Å². The molecule has 1 heterocycles. The van der Waals surface area contributed by atoms with Crippen molar-refractivity contribution in [2.75, 3.05) is 13.6 Å². The zero-order chi connectivity index (χ0) is 35.3. The Morgan fingerprint density at radius 3 is 1.80 bits per heavy atom. The van der Waals surface area contributed by atoms with Crippen LogP contribution < -0.4 is 21.7 Å². The van der Waals surface area contributed by atoms with Gasteiger partial charge in [-0.25, -0.2) is 4.79 Å². The smallest absolute Gasteiger partial charge is 0.316 e. The molecule has 1 saturated heterocycles. The predicted molar refractivity (Wildman–Crippen MR) is 177 cm³/mol. The van der Waals surface area contributed by atoms with Crippen LogP contribution in [-0.2, 0) is 24.0 Å². The van der Waals surface area contributed by atoms with E-state index in [0.29, 0.717) is 25.8 Å². The SMILES string of the molecule is CC(C)CC1CCN(C(=O)[C@@H](NC(=O)N[C@H](C(=O)N(C)C(C)C)C(C)(C)C)C(C)(C)C)[C@@H]1C(=O)NC(CC1CCC1)C(=O)C(N)=O. The third-order valence-electron chi connectivity index (χ3n) is 9.42. The van der Waals surface area contributed by atoms with E-state index in [-0.39, 0.29) is 29.7 Å². The predicted octanol–water partition coefficient (Wildman–Crippen LogP) is 2.97. The van der Waals surface area contributed by atoms with E-state index in [1.807, 2.05) is 69.2 Å². The fraction of sp³-hybridized carbons (Fsp3) is 0.824. The van der Waals surface area contributed by atoms with Crippen molar-refractivity contribution in [3.8, 4) is 0 Å². The van der Waals surface area contributed by atoms with Gasteiger partial charge in [-0.15, -0.1) is 0 Å². The second-order valence-corrected chi connectivity index (χ2v) is 16.2. The molecule has 0 bridgehead atoms. The number of Topliss-reactive ketones (excluding diaryl/α,β-unsaturated/α-hetero) is 1. The number of nitrogens with two attached hydrogens (primary N) is 1. The summed E-state index contributed by atoms with van der Waals surface area (Å²) in [6, 6.07) is -4.56. The number of urea groups is 1. The topological polar surface area (TPSA) is 171 Å². The van der Waals surface area contributed by atoms with Crippen LogP contribution in [0.4, 0.5) is 4.79 Å². The molecule has 6 amide bonds. The number of amides is 6. The maximum atomic E-state index is 14.3. The van der Waals surface area contributed by atoms with E-state index in [4.69, 9.17) is 5.73 Å². The summed E-state index contributed by atoms with van der Waals surface area (Å²) in [5, 5.41) is 8.44. The van der Waals surface area contributed by atoms with Gasteiger partial charge in [0.1, 0.15) is 18.1 Å². The summed E-state index contributed by atoms with van der Waals surface area (Å²) < 4.78 is 0. The molecule has 1 saturated carbocycles. The highest BCUT2D eigenvalue weighted by molar-refractivity contribution is 6.37. The lowest BCUT2D eigenvalue weighted by molar-refractivity contribution is -0.144. The first kappa shape index (κ1) is 39.0. The summed E-state index contributed by atoms with van der Waals surface area (Å²) in [5.41, 5.74) is 3.98. The zero-order valence-corrected chi connectivity index (χ0v) is 30.0. The summed E-state index contributed by atoms with van der Waals surface area (Å²) in [7, 11) is 1.69. The first-order chi connectivity index (χ1) is 21.1. The Morgan fingerprint density at radius 1 is 0.826 bits per heavy atom. The molecule has 2 unspecified atom stereocenters. The molecule has 2 fully saturated rings. The molecular formula is C34H60N6O6. The molecule has 12 nitrogen and oxygen atoms in total. The fourth-order valence-corrected chi connectivity index (χ4v) is 6.26. The number of nitrogens with one attached hydrogen (secondary N) is 3. The Labute approximate surface area is 275 Å². The Kier molecular flexibility index (Phi) is 13.2. The van der Waals surface area contributed by atoms with Gasteiger partial charge in [0.2, 0.25) is 23.5 Å². The highest BCUT2D eigenvalue weighted by Crippen LogP contribution is 2.34. The standard InChI is InChI=1S/C34H60N6O6/c1-19(2)17-22-15-16-40(24(22)29(43)36-23(25(41)28(35)42)18-21-13-12-14-21)31(45)27(34(8,9)10)38-32(46)37-26(33(5,6)7)30(44)39(11)20(3)4/h19-24,26-27H,12-18H2,1-11H3,(H2,35,42)(H,36,43)(H2,37,38,46)/t22?,23?,24-,26+,27+/m0/s1. The van der Waals surface area contributed by atoms with Crippen molar-refractivity contribution in [3.05, 3.63) is 0 Å². The first-order valence-electron chi connectivity index (χ1n) is 16.8. The van der Waals surface area contributed by atoms with Crippen molar-refractivity contribution in [1.82, 2.24) is 25.8 Å². The lowest BCUT2D eigenvalue weighted by atomic mass is 9.80. The molecule has 262 valence electrons. The van der Waals surface area contributed by atoms with Crippen molar-refractivity contribution in [1.29, 1.82) is 0 Å². The fourth-order valence-electron chi connectivity index (χ4n) is 6.26. The van der Waals surface area contributed by atoms with Crippen LogP contribution in [0.25, 0.3) is 0 Å². The first-order valence-corrected chi connectivity index (χ1v) is 16.8. The lowest BCUT2D eigenvalue weighted by Gasteiger charge is -2.38. The summed E-state index contributed by atoms with van der Waals surface area (Å²) in [6.45, 7) is 19.2. The third-order valence-corrected chi connectivity index (χ3v) is 9.42. The molecule has 0 radical (unpaired) electrons. The molecule has 1 aliphatic carbocycles. The van der Waals surface area contributed by atoms with E-state index in [9.17, 15) is 28.8 Å². The quantitative estimate of drug-likeness (QED) is 0.224. The van der Waals surface area contributed by atoms with E-state index >= 15 is 0 Å². The van der Waals surface area contributed by atoms with E-state index in [1.54, 1.807) is 11.9 Å². The van der Waals surface area contributed by atoms with Gasteiger partial charge in [-0.3, -0.25) is 24.0 Å². The van der Waals surface area contributed by atoms with Gasteiger partial charge < -0.3 is 31.5 Å². The molecule has 0 aromatic carbocycles. The van der Waals surface area contributed by atoms with Gasteiger partial charge >= 0.3 is 6.03 Å². The van der Waals surface area contributed by atoms with Crippen LogP contribution in [0.5, 0.6) is 0 Å². The van der Waals surface area contributed by atoms with Gasteiger partial charge in [-0.2, -0.15) is 0 Å². The van der Waals surface area contributed by atoms with Crippen molar-refractivity contribution < 1.29 is 28.8 Å². The largest absolute Gasteiger partial charge is 0.363 e. The number of hydrogen-bond acceptors (Lipinski definition) is 6. The Bertz CT molecular complexity index is 1140. The normalized spacial score (nSPS) is 20.8. The van der Waals surface area contributed by atoms with Gasteiger partial charge in [-0.1, -0.05) is 74.7 Å². The van der Waals surface area contributed by atoms with Crippen molar-refractivity contribution in [2.24, 2.45) is 34.3 Å². The highest BCUT2D eigenvalue weighted by Gasteiger charge is 2.47. The summed E-state index contributed by atoms with van der Waals surface area (Å²) in [5.74, 6) is -2.82. The number of likely N-dealkylation sites (N-methyl/N-ethyl adjacent to an activating group) is 1. The number of rotatable bonds is 13. The molecule has 5 atom stereocenters. The van der Waals surface area contributed by atoms with Crippen LogP contribution >= 0.6 is 0 Å². The minimum Gasteiger partial charge on any atom is -0.363 e. The Hall–Kier alpha value is -3.18. The molecule has 5 N–H and O–H groups in total. The molecule has 0 aromatic heterocycles. The summed E-state index contributed by atoms with van der Waals surface area (Å²) in [4.78, 5) is 82.8. The van der Waals surface area contributed by atoms with Crippen molar-refractivity contribution in [2.45, 2.75) is 138 Å². The lowest BCUT2D eigenvalue weighted by Crippen LogP contribution is -2.63. The minimum atomic E-state index is -1.10. The zero-order valence-electron chi connectivity index (χ0n) is 30.0. The second kappa shape index (κ2) is 15.6. The van der Waals surface area contributed by atoms with Crippen LogP contribution in [0.15, 0.2) is 0 Å². The van der Waals surface area contributed by atoms with Crippen LogP contribution in [0.2, 0.25) is 0 Å². The molecule has 1 aliphatic heterocycles. The summed E-state index contributed by atoms with van der Waals surface area (Å²) >= 11 is 0. The van der Waals surface area contributed by atoms with E-state index in [2.05, 4.69) is 16.0 Å². The average molecular weight is 649 g/mol. The monoisotopic (exact) mass is 648 g/mol. The maximum Gasteiger partial charge on any atom is 0.316 e. The van der Waals surface area contributed by atoms with Gasteiger partial charge in [0.05, 0.1) is 6.04 Å². The van der Waals surface area contributed by atoms with Crippen LogP contribution in [0.3, 0.4) is 0 Å². The molecular weight excluding hydrogens is 588 g/mol. The van der Waals surface area contributed by atoms with Gasteiger partial charge in [0.15, 0.2) is 0 Å². The average Bonchev–Trinajstić information content (AvgIpc) is 3.31. The van der Waals surface area contributed by atoms with E-state index in [1.165, 1.54) is 4.90 Å². The summed E-state index contributed by atoms with van der Waals surface area (Å²) in [6.07, 6.45) is 4.44. The Balaban J connectivity index is 2.37.